The van der Waals surface area contributed by atoms with Gasteiger partial charge in [-0.2, -0.15) is 11.8 Å². The second-order valence-electron chi connectivity index (χ2n) is 5.78. The van der Waals surface area contributed by atoms with Crippen molar-refractivity contribution in [2.24, 2.45) is 5.92 Å². The van der Waals surface area contributed by atoms with Crippen molar-refractivity contribution in [1.82, 2.24) is 0 Å². The Morgan fingerprint density at radius 1 is 1.25 bits per heavy atom. The minimum absolute atomic E-state index is 0.166. The van der Waals surface area contributed by atoms with E-state index in [1.165, 1.54) is 11.3 Å². The molecule has 0 saturated carbocycles. The molecule has 2 fully saturated rings. The van der Waals surface area contributed by atoms with Gasteiger partial charge in [0.05, 0.1) is 11.2 Å². The Balaban J connectivity index is 2.09. The predicted molar refractivity (Wildman–Crippen MR) is 70.7 cm³/mol. The van der Waals surface area contributed by atoms with Crippen LogP contribution in [0, 0.1) is 5.92 Å². The lowest BCUT2D eigenvalue weighted by Crippen LogP contribution is -2.41. The van der Waals surface area contributed by atoms with Crippen LogP contribution in [-0.4, -0.2) is 29.8 Å². The minimum Gasteiger partial charge on any atom is -0.400 e. The van der Waals surface area contributed by atoms with Gasteiger partial charge < -0.3 is 9.31 Å². The van der Waals surface area contributed by atoms with Gasteiger partial charge in [0.25, 0.3) is 0 Å². The Morgan fingerprint density at radius 3 is 2.25 bits per heavy atom. The largest absolute Gasteiger partial charge is 0.487 e. The lowest BCUT2D eigenvalue weighted by molar-refractivity contribution is 0.00578. The van der Waals surface area contributed by atoms with Gasteiger partial charge in [0.15, 0.2) is 0 Å². The van der Waals surface area contributed by atoms with Crippen LogP contribution in [0.15, 0.2) is 11.5 Å². The molecular weight excluding hydrogens is 219 g/mol. The van der Waals surface area contributed by atoms with Gasteiger partial charge in [-0.05, 0) is 39.4 Å². The molecule has 0 radical (unpaired) electrons. The van der Waals surface area contributed by atoms with E-state index >= 15 is 0 Å². The van der Waals surface area contributed by atoms with E-state index in [9.17, 15) is 0 Å². The SMILES string of the molecule is CC1CSC/C1=C/B1OC(C)(C)C(C)(C)O1. The van der Waals surface area contributed by atoms with Gasteiger partial charge in [0.1, 0.15) is 0 Å². The molecule has 16 heavy (non-hydrogen) atoms. The average molecular weight is 240 g/mol. The number of hydrogen-bond donors (Lipinski definition) is 0. The van der Waals surface area contributed by atoms with Gasteiger partial charge in [-0.15, -0.1) is 0 Å². The first-order valence-corrected chi connectivity index (χ1v) is 7.11. The van der Waals surface area contributed by atoms with E-state index in [1.807, 2.05) is 11.8 Å². The van der Waals surface area contributed by atoms with Gasteiger partial charge in [0, 0.05) is 5.75 Å². The molecule has 2 heterocycles. The van der Waals surface area contributed by atoms with E-state index in [2.05, 4.69) is 40.6 Å². The summed E-state index contributed by atoms with van der Waals surface area (Å²) >= 11 is 1.99. The monoisotopic (exact) mass is 240 g/mol. The summed E-state index contributed by atoms with van der Waals surface area (Å²) in [5, 5.41) is 0. The van der Waals surface area contributed by atoms with E-state index in [-0.39, 0.29) is 18.3 Å². The molecule has 0 aromatic carbocycles. The first-order valence-electron chi connectivity index (χ1n) is 5.96. The molecule has 0 aliphatic carbocycles. The second-order valence-corrected chi connectivity index (χ2v) is 6.81. The molecule has 0 spiro atoms. The highest BCUT2D eigenvalue weighted by Gasteiger charge is 2.50. The topological polar surface area (TPSA) is 18.5 Å². The maximum absolute atomic E-state index is 5.97. The molecule has 0 amide bonds. The fraction of sp³-hybridized carbons (Fsp3) is 0.833. The van der Waals surface area contributed by atoms with Crippen LogP contribution in [0.2, 0.25) is 0 Å². The minimum atomic E-state index is -0.219. The van der Waals surface area contributed by atoms with Crippen molar-refractivity contribution in [1.29, 1.82) is 0 Å². The zero-order valence-corrected chi connectivity index (χ0v) is 11.7. The Labute approximate surface area is 103 Å². The van der Waals surface area contributed by atoms with Crippen molar-refractivity contribution in [3.05, 3.63) is 11.5 Å². The highest BCUT2D eigenvalue weighted by atomic mass is 32.2. The molecule has 1 unspecified atom stereocenters. The summed E-state index contributed by atoms with van der Waals surface area (Å²) < 4.78 is 11.9. The normalized spacial score (nSPS) is 34.9. The molecule has 0 bridgehead atoms. The van der Waals surface area contributed by atoms with Crippen molar-refractivity contribution in [2.45, 2.75) is 45.8 Å². The number of thioether (sulfide) groups is 1. The van der Waals surface area contributed by atoms with Crippen LogP contribution in [0.4, 0.5) is 0 Å². The highest BCUT2D eigenvalue weighted by Crippen LogP contribution is 2.38. The molecular formula is C12H21BO2S. The standard InChI is InChI=1S/C12H21BO2S/c1-9-7-16-8-10(9)6-13-14-11(2,3)12(4,5)15-13/h6,9H,7-8H2,1-5H3/b10-6-. The van der Waals surface area contributed by atoms with Crippen LogP contribution in [0.3, 0.4) is 0 Å². The second kappa shape index (κ2) is 4.07. The van der Waals surface area contributed by atoms with E-state index in [4.69, 9.17) is 9.31 Å². The summed E-state index contributed by atoms with van der Waals surface area (Å²) in [5.74, 6) is 5.21. The predicted octanol–water partition coefficient (Wildman–Crippen LogP) is 2.93. The Bertz CT molecular complexity index is 296. The quantitative estimate of drug-likeness (QED) is 0.656. The molecule has 4 heteroatoms. The molecule has 2 nitrogen and oxygen atoms in total. The molecule has 2 aliphatic rings. The summed E-state index contributed by atoms with van der Waals surface area (Å²) in [7, 11) is -0.166. The maximum atomic E-state index is 5.97. The summed E-state index contributed by atoms with van der Waals surface area (Å²) in [5.41, 5.74) is 1.04. The third-order valence-electron chi connectivity index (χ3n) is 3.89. The van der Waals surface area contributed by atoms with Crippen LogP contribution in [0.25, 0.3) is 0 Å². The number of rotatable bonds is 1. The van der Waals surface area contributed by atoms with Crippen molar-refractivity contribution in [2.75, 3.05) is 11.5 Å². The molecule has 0 N–H and O–H groups in total. The highest BCUT2D eigenvalue weighted by molar-refractivity contribution is 7.99. The smallest absolute Gasteiger partial charge is 0.400 e. The Kier molecular flexibility index (Phi) is 3.19. The van der Waals surface area contributed by atoms with Crippen LogP contribution in [0.1, 0.15) is 34.6 Å². The molecule has 2 aliphatic heterocycles. The van der Waals surface area contributed by atoms with E-state index in [0.29, 0.717) is 5.92 Å². The molecule has 1 atom stereocenters. The summed E-state index contributed by atoms with van der Waals surface area (Å²) in [6, 6.07) is 0. The maximum Gasteiger partial charge on any atom is 0.487 e. The average Bonchev–Trinajstić information content (AvgIpc) is 2.57. The van der Waals surface area contributed by atoms with E-state index in [0.717, 1.165) is 5.75 Å². The number of hydrogen-bond acceptors (Lipinski definition) is 3. The molecule has 2 saturated heterocycles. The van der Waals surface area contributed by atoms with Gasteiger partial charge in [-0.25, -0.2) is 0 Å². The van der Waals surface area contributed by atoms with Crippen molar-refractivity contribution in [3.63, 3.8) is 0 Å². The van der Waals surface area contributed by atoms with Gasteiger partial charge in [0.2, 0.25) is 0 Å². The third-order valence-corrected chi connectivity index (χ3v) is 5.16. The first kappa shape index (κ1) is 12.5. The van der Waals surface area contributed by atoms with E-state index < -0.39 is 0 Å². The molecule has 0 aromatic heterocycles. The van der Waals surface area contributed by atoms with Gasteiger partial charge >= 0.3 is 7.12 Å². The fourth-order valence-electron chi connectivity index (χ4n) is 1.95. The summed E-state index contributed by atoms with van der Waals surface area (Å²) in [6.07, 6.45) is 0. The van der Waals surface area contributed by atoms with Crippen molar-refractivity contribution in [3.8, 4) is 0 Å². The Morgan fingerprint density at radius 2 is 1.81 bits per heavy atom. The van der Waals surface area contributed by atoms with Crippen LogP contribution in [-0.2, 0) is 9.31 Å². The lowest BCUT2D eigenvalue weighted by Gasteiger charge is -2.32. The lowest BCUT2D eigenvalue weighted by atomic mass is 9.84. The zero-order chi connectivity index (χ0) is 12.0. The van der Waals surface area contributed by atoms with Gasteiger partial charge in [-0.1, -0.05) is 18.5 Å². The van der Waals surface area contributed by atoms with Crippen molar-refractivity contribution < 1.29 is 9.31 Å². The first-order chi connectivity index (χ1) is 7.32. The third kappa shape index (κ3) is 2.20. The van der Waals surface area contributed by atoms with Crippen molar-refractivity contribution >= 4 is 18.9 Å². The fourth-order valence-corrected chi connectivity index (χ4v) is 3.25. The zero-order valence-electron chi connectivity index (χ0n) is 10.9. The Hall–Kier alpha value is 0.0749. The van der Waals surface area contributed by atoms with Crippen LogP contribution in [0.5, 0.6) is 0 Å². The van der Waals surface area contributed by atoms with Gasteiger partial charge in [-0.3, -0.25) is 0 Å². The summed E-state index contributed by atoms with van der Waals surface area (Å²) in [4.78, 5) is 0. The van der Waals surface area contributed by atoms with Crippen LogP contribution >= 0.6 is 11.8 Å². The van der Waals surface area contributed by atoms with Crippen LogP contribution < -0.4 is 0 Å². The molecule has 2 rings (SSSR count). The summed E-state index contributed by atoms with van der Waals surface area (Å²) in [6.45, 7) is 10.7. The molecule has 90 valence electrons. The van der Waals surface area contributed by atoms with E-state index in [1.54, 1.807) is 0 Å². The molecule has 0 aromatic rings.